The maximum atomic E-state index is 13.7. The number of anilines is 3. The Hall–Kier alpha value is -4.51. The van der Waals surface area contributed by atoms with E-state index in [0.29, 0.717) is 28.0 Å². The van der Waals surface area contributed by atoms with Gasteiger partial charge in [0.2, 0.25) is 11.9 Å². The van der Waals surface area contributed by atoms with Gasteiger partial charge in [-0.3, -0.25) is 9.78 Å². The molecule has 1 aliphatic carbocycles. The van der Waals surface area contributed by atoms with Gasteiger partial charge in [0.05, 0.1) is 18.3 Å². The van der Waals surface area contributed by atoms with Crippen LogP contribution in [-0.4, -0.2) is 40.4 Å². The van der Waals surface area contributed by atoms with Crippen molar-refractivity contribution in [3.63, 3.8) is 0 Å². The Balaban J connectivity index is 1.31. The molecule has 2 N–H and O–H groups in total. The second-order valence-electron chi connectivity index (χ2n) is 9.08. The normalized spacial score (nSPS) is 13.8. The molecule has 5 aromatic rings. The van der Waals surface area contributed by atoms with Crippen molar-refractivity contribution in [1.82, 2.24) is 18.9 Å². The summed E-state index contributed by atoms with van der Waals surface area (Å²) in [5.41, 5.74) is 1.81. The van der Waals surface area contributed by atoms with E-state index in [1.54, 1.807) is 48.8 Å². The third-order valence-corrected chi connectivity index (χ3v) is 8.42. The molecule has 38 heavy (non-hydrogen) atoms. The first-order valence-electron chi connectivity index (χ1n) is 12.1. The van der Waals surface area contributed by atoms with Crippen LogP contribution in [0.2, 0.25) is 0 Å². The zero-order valence-electron chi connectivity index (χ0n) is 20.5. The van der Waals surface area contributed by atoms with Gasteiger partial charge < -0.3 is 15.4 Å². The van der Waals surface area contributed by atoms with Crippen molar-refractivity contribution >= 4 is 55.2 Å². The summed E-state index contributed by atoms with van der Waals surface area (Å²) in [6.45, 7) is 0. The first-order valence-corrected chi connectivity index (χ1v) is 13.6. The van der Waals surface area contributed by atoms with E-state index in [1.807, 2.05) is 12.1 Å². The second kappa shape index (κ2) is 9.42. The zero-order chi connectivity index (χ0) is 26.3. The van der Waals surface area contributed by atoms with Gasteiger partial charge in [-0.1, -0.05) is 24.6 Å². The number of hydrogen-bond acceptors (Lipinski definition) is 8. The van der Waals surface area contributed by atoms with Crippen LogP contribution in [0.15, 0.2) is 78.1 Å². The van der Waals surface area contributed by atoms with Gasteiger partial charge >= 0.3 is 0 Å². The number of hydrogen-bond donors (Lipinski definition) is 2. The van der Waals surface area contributed by atoms with Crippen molar-refractivity contribution in [3.05, 3.63) is 73.2 Å². The SMILES string of the molecule is COc1cc(Nc2ncc3ccn(S(=O)(=O)c4cccc5cccnc45)c3n2)ccc1NC(=O)C1CCC1. The highest BCUT2D eigenvalue weighted by atomic mass is 32.2. The number of aromatic nitrogens is 4. The van der Waals surface area contributed by atoms with Crippen LogP contribution in [0.3, 0.4) is 0 Å². The average molecular weight is 529 g/mol. The van der Waals surface area contributed by atoms with Gasteiger partial charge in [0.25, 0.3) is 10.0 Å². The molecule has 0 bridgehead atoms. The number of benzene rings is 2. The summed E-state index contributed by atoms with van der Waals surface area (Å²) in [6.07, 6.45) is 7.47. The maximum Gasteiger partial charge on any atom is 0.271 e. The molecule has 3 heterocycles. The lowest BCUT2D eigenvalue weighted by atomic mass is 9.85. The monoisotopic (exact) mass is 528 g/mol. The fourth-order valence-corrected chi connectivity index (χ4v) is 5.92. The molecule has 0 atom stereocenters. The number of nitrogens with one attached hydrogen (secondary N) is 2. The number of rotatable bonds is 7. The Bertz CT molecular complexity index is 1790. The maximum absolute atomic E-state index is 13.7. The third kappa shape index (κ3) is 4.20. The molecule has 0 spiro atoms. The van der Waals surface area contributed by atoms with E-state index in [1.165, 1.54) is 19.4 Å². The van der Waals surface area contributed by atoms with Crippen LogP contribution < -0.4 is 15.4 Å². The highest BCUT2D eigenvalue weighted by molar-refractivity contribution is 7.90. The van der Waals surface area contributed by atoms with E-state index in [-0.39, 0.29) is 28.3 Å². The predicted molar refractivity (Wildman–Crippen MR) is 144 cm³/mol. The Morgan fingerprint density at radius 3 is 2.68 bits per heavy atom. The molecule has 0 aliphatic heterocycles. The number of carbonyl (C=O) groups is 1. The van der Waals surface area contributed by atoms with Crippen molar-refractivity contribution in [1.29, 1.82) is 0 Å². The van der Waals surface area contributed by atoms with Gasteiger partial charge in [-0.15, -0.1) is 0 Å². The minimum absolute atomic E-state index is 0.00703. The van der Waals surface area contributed by atoms with E-state index in [9.17, 15) is 13.2 Å². The second-order valence-corrected chi connectivity index (χ2v) is 10.9. The first kappa shape index (κ1) is 23.9. The highest BCUT2D eigenvalue weighted by Gasteiger charge is 2.26. The minimum Gasteiger partial charge on any atom is -0.494 e. The van der Waals surface area contributed by atoms with Crippen LogP contribution in [-0.2, 0) is 14.8 Å². The van der Waals surface area contributed by atoms with Gasteiger partial charge in [-0.05, 0) is 43.2 Å². The zero-order valence-corrected chi connectivity index (χ0v) is 21.3. The number of methoxy groups -OCH3 is 1. The summed E-state index contributed by atoms with van der Waals surface area (Å²) in [5, 5.41) is 7.32. The standard InChI is InChI=1S/C27H24N6O4S/c1-37-22-15-20(10-11-21(22)31-26(34)18-6-2-7-18)30-27-29-16-19-12-14-33(25(19)32-27)38(35,36)23-9-3-5-17-8-4-13-28-24(17)23/h3-5,8-16,18H,2,6-7H2,1H3,(H,31,34)(H,29,30,32). The molecule has 0 unspecified atom stereocenters. The molecule has 1 fully saturated rings. The Kier molecular flexibility index (Phi) is 5.91. The smallest absolute Gasteiger partial charge is 0.271 e. The molecular formula is C27H24N6O4S. The number of carbonyl (C=O) groups excluding carboxylic acids is 1. The molecule has 0 radical (unpaired) electrons. The third-order valence-electron chi connectivity index (χ3n) is 6.72. The summed E-state index contributed by atoms with van der Waals surface area (Å²) >= 11 is 0. The lowest BCUT2D eigenvalue weighted by Gasteiger charge is -2.24. The van der Waals surface area contributed by atoms with Crippen LogP contribution >= 0.6 is 0 Å². The number of para-hydroxylation sites is 1. The number of fused-ring (bicyclic) bond motifs is 2. The molecule has 192 valence electrons. The molecule has 1 aliphatic rings. The van der Waals surface area contributed by atoms with Crippen LogP contribution in [0.1, 0.15) is 19.3 Å². The Morgan fingerprint density at radius 1 is 1.05 bits per heavy atom. The van der Waals surface area contributed by atoms with Crippen molar-refractivity contribution in [3.8, 4) is 5.75 Å². The first-order chi connectivity index (χ1) is 18.4. The molecule has 1 saturated carbocycles. The molecule has 10 nitrogen and oxygen atoms in total. The van der Waals surface area contributed by atoms with E-state index >= 15 is 0 Å². The summed E-state index contributed by atoms with van der Waals surface area (Å²) in [7, 11) is -2.47. The van der Waals surface area contributed by atoms with Crippen molar-refractivity contribution in [2.45, 2.75) is 24.2 Å². The molecule has 6 rings (SSSR count). The largest absolute Gasteiger partial charge is 0.494 e. The predicted octanol–water partition coefficient (Wildman–Crippen LogP) is 4.71. The molecular weight excluding hydrogens is 504 g/mol. The number of nitrogens with zero attached hydrogens (tertiary/aromatic N) is 4. The van der Waals surface area contributed by atoms with Crippen LogP contribution in [0, 0.1) is 5.92 Å². The fourth-order valence-electron chi connectivity index (χ4n) is 4.45. The van der Waals surface area contributed by atoms with E-state index in [2.05, 4.69) is 25.6 Å². The molecule has 2 aromatic carbocycles. The van der Waals surface area contributed by atoms with Crippen molar-refractivity contribution in [2.75, 3.05) is 17.7 Å². The van der Waals surface area contributed by atoms with Gasteiger partial charge in [-0.25, -0.2) is 17.4 Å². The lowest BCUT2D eigenvalue weighted by Crippen LogP contribution is -2.28. The van der Waals surface area contributed by atoms with E-state index in [4.69, 9.17) is 4.74 Å². The van der Waals surface area contributed by atoms with E-state index in [0.717, 1.165) is 28.6 Å². The Morgan fingerprint density at radius 2 is 1.89 bits per heavy atom. The molecule has 0 saturated heterocycles. The van der Waals surface area contributed by atoms with Gasteiger partial charge in [0.1, 0.15) is 10.6 Å². The molecule has 3 aromatic heterocycles. The van der Waals surface area contributed by atoms with E-state index < -0.39 is 10.0 Å². The van der Waals surface area contributed by atoms with Crippen molar-refractivity contribution in [2.24, 2.45) is 5.92 Å². The average Bonchev–Trinajstić information content (AvgIpc) is 3.32. The van der Waals surface area contributed by atoms with Crippen LogP contribution in [0.5, 0.6) is 5.75 Å². The topological polar surface area (TPSA) is 128 Å². The lowest BCUT2D eigenvalue weighted by molar-refractivity contribution is -0.122. The van der Waals surface area contributed by atoms with Crippen LogP contribution in [0.4, 0.5) is 17.3 Å². The van der Waals surface area contributed by atoms with Crippen LogP contribution in [0.25, 0.3) is 21.9 Å². The van der Waals surface area contributed by atoms with Crippen molar-refractivity contribution < 1.29 is 17.9 Å². The van der Waals surface area contributed by atoms with Gasteiger partial charge in [0, 0.05) is 47.0 Å². The Labute approximate surface area is 218 Å². The quantitative estimate of drug-likeness (QED) is 0.311. The molecule has 11 heteroatoms. The summed E-state index contributed by atoms with van der Waals surface area (Å²) in [6, 6.07) is 15.5. The summed E-state index contributed by atoms with van der Waals surface area (Å²) < 4.78 is 33.9. The highest BCUT2D eigenvalue weighted by Crippen LogP contribution is 2.33. The van der Waals surface area contributed by atoms with Gasteiger partial charge in [0.15, 0.2) is 5.65 Å². The number of amides is 1. The fraction of sp³-hybridized carbons (Fsp3) is 0.185. The van der Waals surface area contributed by atoms with Gasteiger partial charge in [-0.2, -0.15) is 4.98 Å². The molecule has 1 amide bonds. The number of ether oxygens (including phenoxy) is 1. The summed E-state index contributed by atoms with van der Waals surface area (Å²) in [5.74, 6) is 0.734. The summed E-state index contributed by atoms with van der Waals surface area (Å²) in [4.78, 5) is 25.6. The number of pyridine rings is 1. The minimum atomic E-state index is -3.99.